The number of hydrogen-bond acceptors (Lipinski definition) is 1. The van der Waals surface area contributed by atoms with Crippen LogP contribution in [-0.2, 0) is 23.7 Å². The van der Waals surface area contributed by atoms with Gasteiger partial charge in [0.1, 0.15) is 0 Å². The Morgan fingerprint density at radius 3 is 2.06 bits per heavy atom. The van der Waals surface area contributed by atoms with Crippen molar-refractivity contribution in [3.05, 3.63) is 117 Å². The lowest BCUT2D eigenvalue weighted by molar-refractivity contribution is 0.103. The number of carbonyl (C=O) groups is 1. The summed E-state index contributed by atoms with van der Waals surface area (Å²) in [5.41, 5.74) is 11.1. The van der Waals surface area contributed by atoms with E-state index in [1.807, 2.05) is 18.2 Å². The average molecular weight is 451 g/mol. The Morgan fingerprint density at radius 2 is 1.44 bits per heavy atom. The lowest BCUT2D eigenvalue weighted by Gasteiger charge is -2.42. The first kappa shape index (κ1) is 24.2. The van der Waals surface area contributed by atoms with Crippen LogP contribution in [0.4, 0.5) is 0 Å². The maximum Gasteiger partial charge on any atom is 0.188 e. The summed E-state index contributed by atoms with van der Waals surface area (Å²) < 4.78 is 0. The maximum atomic E-state index is 13.0. The van der Waals surface area contributed by atoms with Crippen LogP contribution >= 0.6 is 0 Å². The lowest BCUT2D eigenvalue weighted by Crippen LogP contribution is -2.34. The smallest absolute Gasteiger partial charge is 0.188 e. The SMILES string of the molecule is C=C(Cc1cccc(C)c1)C(=O)c1ccc(Cc2cc3c(cc2C)C(C)(C)CCC3(C)C)cc1. The van der Waals surface area contributed by atoms with Crippen LogP contribution in [0, 0.1) is 13.8 Å². The molecular weight excluding hydrogens is 412 g/mol. The van der Waals surface area contributed by atoms with Crippen molar-refractivity contribution in [2.24, 2.45) is 0 Å². The molecule has 1 aliphatic rings. The first-order valence-corrected chi connectivity index (χ1v) is 12.5. The molecule has 4 rings (SSSR count). The van der Waals surface area contributed by atoms with Gasteiger partial charge in [-0.1, -0.05) is 101 Å². The molecular formula is C33H38O. The molecule has 0 bridgehead atoms. The summed E-state index contributed by atoms with van der Waals surface area (Å²) in [6, 6.07) is 21.3. The van der Waals surface area contributed by atoms with Crippen molar-refractivity contribution in [1.29, 1.82) is 0 Å². The number of carbonyl (C=O) groups excluding carboxylic acids is 1. The largest absolute Gasteiger partial charge is 0.289 e. The van der Waals surface area contributed by atoms with Crippen molar-refractivity contribution in [2.45, 2.75) is 78.1 Å². The van der Waals surface area contributed by atoms with Crippen LogP contribution in [-0.4, -0.2) is 5.78 Å². The van der Waals surface area contributed by atoms with E-state index in [2.05, 4.69) is 90.6 Å². The van der Waals surface area contributed by atoms with Crippen molar-refractivity contribution in [1.82, 2.24) is 0 Å². The van der Waals surface area contributed by atoms with Gasteiger partial charge in [0, 0.05) is 12.0 Å². The van der Waals surface area contributed by atoms with E-state index in [-0.39, 0.29) is 16.6 Å². The minimum absolute atomic E-state index is 0.0296. The molecule has 34 heavy (non-hydrogen) atoms. The van der Waals surface area contributed by atoms with Crippen molar-refractivity contribution >= 4 is 5.78 Å². The summed E-state index contributed by atoms with van der Waals surface area (Å²) in [6.45, 7) is 17.9. The van der Waals surface area contributed by atoms with Gasteiger partial charge in [0.2, 0.25) is 0 Å². The number of ketones is 1. The van der Waals surface area contributed by atoms with Crippen molar-refractivity contribution in [3.63, 3.8) is 0 Å². The summed E-state index contributed by atoms with van der Waals surface area (Å²) in [7, 11) is 0. The summed E-state index contributed by atoms with van der Waals surface area (Å²) in [5.74, 6) is 0.0296. The van der Waals surface area contributed by atoms with E-state index < -0.39 is 0 Å². The number of rotatable bonds is 6. The van der Waals surface area contributed by atoms with E-state index in [1.165, 1.54) is 46.2 Å². The Morgan fingerprint density at radius 1 is 0.824 bits per heavy atom. The number of aryl methyl sites for hydroxylation is 2. The van der Waals surface area contributed by atoms with E-state index in [1.54, 1.807) is 0 Å². The normalized spacial score (nSPS) is 16.1. The zero-order chi connectivity index (χ0) is 24.7. The number of benzene rings is 3. The van der Waals surface area contributed by atoms with Crippen molar-refractivity contribution in [2.75, 3.05) is 0 Å². The highest BCUT2D eigenvalue weighted by atomic mass is 16.1. The Balaban J connectivity index is 1.52. The highest BCUT2D eigenvalue weighted by Crippen LogP contribution is 2.46. The van der Waals surface area contributed by atoms with E-state index in [4.69, 9.17) is 0 Å². The zero-order valence-electron chi connectivity index (χ0n) is 21.7. The van der Waals surface area contributed by atoms with Gasteiger partial charge in [-0.15, -0.1) is 0 Å². The van der Waals surface area contributed by atoms with E-state index in [0.29, 0.717) is 17.6 Å². The summed E-state index contributed by atoms with van der Waals surface area (Å²) in [6.07, 6.45) is 3.92. The van der Waals surface area contributed by atoms with E-state index >= 15 is 0 Å². The Bertz CT molecular complexity index is 1240. The molecule has 1 nitrogen and oxygen atoms in total. The van der Waals surface area contributed by atoms with Crippen LogP contribution in [0.3, 0.4) is 0 Å². The van der Waals surface area contributed by atoms with Gasteiger partial charge in [0.05, 0.1) is 0 Å². The Labute approximate surface area is 205 Å². The van der Waals surface area contributed by atoms with Crippen molar-refractivity contribution in [3.8, 4) is 0 Å². The van der Waals surface area contributed by atoms with Crippen LogP contribution in [0.15, 0.2) is 72.8 Å². The fraction of sp³-hybridized carbons (Fsp3) is 0.364. The topological polar surface area (TPSA) is 17.1 Å². The minimum atomic E-state index is 0.0296. The molecule has 0 N–H and O–H groups in total. The summed E-state index contributed by atoms with van der Waals surface area (Å²) in [4.78, 5) is 13.0. The molecule has 1 aliphatic carbocycles. The van der Waals surface area contributed by atoms with Crippen LogP contribution in [0.1, 0.15) is 89.8 Å². The molecule has 3 aromatic rings. The molecule has 0 saturated heterocycles. The second-order valence-electron chi connectivity index (χ2n) is 11.6. The van der Waals surface area contributed by atoms with Gasteiger partial charge in [-0.25, -0.2) is 0 Å². The first-order valence-electron chi connectivity index (χ1n) is 12.5. The second kappa shape index (κ2) is 9.02. The van der Waals surface area contributed by atoms with E-state index in [9.17, 15) is 4.79 Å². The highest BCUT2D eigenvalue weighted by Gasteiger charge is 2.37. The third-order valence-electron chi connectivity index (χ3n) is 7.74. The van der Waals surface area contributed by atoms with Gasteiger partial charge in [-0.3, -0.25) is 4.79 Å². The number of allylic oxidation sites excluding steroid dienone is 1. The fourth-order valence-electron chi connectivity index (χ4n) is 5.30. The molecule has 0 amide bonds. The second-order valence-corrected chi connectivity index (χ2v) is 11.6. The predicted octanol–water partition coefficient (Wildman–Crippen LogP) is 8.22. The summed E-state index contributed by atoms with van der Waals surface area (Å²) >= 11 is 0. The molecule has 0 saturated carbocycles. The third kappa shape index (κ3) is 4.94. The van der Waals surface area contributed by atoms with Crippen molar-refractivity contribution < 1.29 is 4.79 Å². The Hall–Kier alpha value is -2.93. The number of hydrogen-bond donors (Lipinski definition) is 0. The first-order chi connectivity index (χ1) is 16.0. The van der Waals surface area contributed by atoms with Gasteiger partial charge in [0.15, 0.2) is 5.78 Å². The molecule has 0 heterocycles. The molecule has 176 valence electrons. The number of fused-ring (bicyclic) bond motifs is 1. The number of Topliss-reactive ketones (excluding diaryl/α,β-unsaturated/α-hetero) is 1. The highest BCUT2D eigenvalue weighted by molar-refractivity contribution is 6.08. The molecule has 0 unspecified atom stereocenters. The third-order valence-corrected chi connectivity index (χ3v) is 7.74. The lowest BCUT2D eigenvalue weighted by atomic mass is 9.62. The maximum absolute atomic E-state index is 13.0. The van der Waals surface area contributed by atoms with Crippen LogP contribution in [0.25, 0.3) is 0 Å². The van der Waals surface area contributed by atoms with Crippen LogP contribution in [0.2, 0.25) is 0 Å². The molecule has 0 atom stereocenters. The standard InChI is InChI=1S/C33H38O/c1-22-9-8-10-26(17-22)18-24(3)31(34)27-13-11-25(12-14-27)20-28-21-30-29(19-23(28)2)32(4,5)15-16-33(30,6)7/h8-14,17,19,21H,3,15-16,18,20H2,1-2,4-7H3. The van der Waals surface area contributed by atoms with Gasteiger partial charge in [-0.05, 0) is 82.9 Å². The van der Waals surface area contributed by atoms with Gasteiger partial charge < -0.3 is 0 Å². The molecule has 0 spiro atoms. The van der Waals surface area contributed by atoms with Crippen LogP contribution in [0.5, 0.6) is 0 Å². The van der Waals surface area contributed by atoms with Gasteiger partial charge in [0.25, 0.3) is 0 Å². The molecule has 0 aliphatic heterocycles. The van der Waals surface area contributed by atoms with Gasteiger partial charge >= 0.3 is 0 Å². The predicted molar refractivity (Wildman–Crippen MR) is 144 cm³/mol. The monoisotopic (exact) mass is 450 g/mol. The molecule has 0 fully saturated rings. The fourth-order valence-corrected chi connectivity index (χ4v) is 5.30. The quantitative estimate of drug-likeness (QED) is 0.273. The van der Waals surface area contributed by atoms with Crippen LogP contribution < -0.4 is 0 Å². The molecule has 0 aromatic heterocycles. The minimum Gasteiger partial charge on any atom is -0.289 e. The molecule has 1 heteroatoms. The molecule has 3 aromatic carbocycles. The zero-order valence-corrected chi connectivity index (χ0v) is 21.7. The molecule has 0 radical (unpaired) electrons. The summed E-state index contributed by atoms with van der Waals surface area (Å²) in [5, 5.41) is 0. The Kier molecular flexibility index (Phi) is 6.42. The van der Waals surface area contributed by atoms with Gasteiger partial charge in [-0.2, -0.15) is 0 Å². The van der Waals surface area contributed by atoms with E-state index in [0.717, 1.165) is 12.0 Å². The average Bonchev–Trinajstić information content (AvgIpc) is 2.78.